The predicted octanol–water partition coefficient (Wildman–Crippen LogP) is 5.87. The van der Waals surface area contributed by atoms with Gasteiger partial charge < -0.3 is 19.1 Å². The molecule has 0 saturated heterocycles. The highest BCUT2D eigenvalue weighted by atomic mass is 35.5. The first-order chi connectivity index (χ1) is 24.6. The maximum Gasteiger partial charge on any atom is 0.286 e. The molecule has 268 valence electrons. The Morgan fingerprint density at radius 3 is 2.75 bits per heavy atom. The first-order valence-electron chi connectivity index (χ1n) is 17.6. The number of aryl methyl sites for hydroxylation is 2. The molecule has 3 aliphatic carbocycles. The minimum absolute atomic E-state index is 0.0136. The van der Waals surface area contributed by atoms with Gasteiger partial charge in [-0.2, -0.15) is 5.10 Å². The number of nitrogens with zero attached hydrogens (tertiary/aromatic N) is 4. The zero-order valence-corrected chi connectivity index (χ0v) is 30.6. The molecule has 51 heavy (non-hydrogen) atoms. The molecule has 6 atom stereocenters. The molecule has 1 saturated carbocycles. The van der Waals surface area contributed by atoms with E-state index in [2.05, 4.69) is 42.4 Å². The Morgan fingerprint density at radius 2 is 2.00 bits per heavy atom. The summed E-state index contributed by atoms with van der Waals surface area (Å²) in [5.41, 5.74) is 4.95. The van der Waals surface area contributed by atoms with Gasteiger partial charge in [0.15, 0.2) is 0 Å². The number of anilines is 1. The molecule has 2 aliphatic heterocycles. The summed E-state index contributed by atoms with van der Waals surface area (Å²) in [6, 6.07) is 13.0. The zero-order valence-electron chi connectivity index (χ0n) is 29.0. The van der Waals surface area contributed by atoms with Crippen LogP contribution in [0.3, 0.4) is 0 Å². The highest BCUT2D eigenvalue weighted by Gasteiger charge is 2.47. The van der Waals surface area contributed by atoms with Gasteiger partial charge in [0.05, 0.1) is 37.0 Å². The number of ether oxygens (including phenoxy) is 3. The van der Waals surface area contributed by atoms with Crippen molar-refractivity contribution < 1.29 is 28.0 Å². The summed E-state index contributed by atoms with van der Waals surface area (Å²) in [6.07, 6.45) is 7.65. The smallest absolute Gasteiger partial charge is 0.286 e. The molecule has 11 nitrogen and oxygen atoms in total. The van der Waals surface area contributed by atoms with Crippen LogP contribution in [0.5, 0.6) is 11.6 Å². The molecule has 3 aromatic rings. The Kier molecular flexibility index (Phi) is 8.83. The van der Waals surface area contributed by atoms with Gasteiger partial charge in [-0.1, -0.05) is 23.7 Å². The fourth-order valence-corrected chi connectivity index (χ4v) is 10.8. The van der Waals surface area contributed by atoms with E-state index in [9.17, 15) is 13.8 Å². The monoisotopic (exact) mass is 731 g/mol. The highest BCUT2D eigenvalue weighted by molar-refractivity contribution is 7.92. The van der Waals surface area contributed by atoms with Gasteiger partial charge in [0.2, 0.25) is 5.88 Å². The van der Waals surface area contributed by atoms with Crippen molar-refractivity contribution in [1.29, 1.82) is 0 Å². The number of carbonyl (C=O) groups is 2. The Hall–Kier alpha value is -4.00. The van der Waals surface area contributed by atoms with Crippen molar-refractivity contribution >= 4 is 39.0 Å². The fourth-order valence-electron chi connectivity index (χ4n) is 8.79. The number of halogens is 1. The minimum Gasteiger partial charge on any atom is -0.490 e. The summed E-state index contributed by atoms with van der Waals surface area (Å²) in [5.74, 6) is -0.321. The van der Waals surface area contributed by atoms with Crippen LogP contribution >= 0.6 is 11.6 Å². The highest BCUT2D eigenvalue weighted by Crippen LogP contribution is 2.49. The Morgan fingerprint density at radius 1 is 1.14 bits per heavy atom. The van der Waals surface area contributed by atoms with E-state index in [-0.39, 0.29) is 46.1 Å². The maximum atomic E-state index is 14.8. The van der Waals surface area contributed by atoms with Crippen molar-refractivity contribution in [3.8, 4) is 11.6 Å². The van der Waals surface area contributed by atoms with Crippen LogP contribution in [0.25, 0.3) is 0 Å². The van der Waals surface area contributed by atoms with Gasteiger partial charge in [-0.3, -0.25) is 14.3 Å². The summed E-state index contributed by atoms with van der Waals surface area (Å²) in [5, 5.41) is 8.66. The van der Waals surface area contributed by atoms with Crippen molar-refractivity contribution in [3.05, 3.63) is 87.1 Å². The lowest BCUT2D eigenvalue weighted by molar-refractivity contribution is -0.00148. The van der Waals surface area contributed by atoms with Crippen LogP contribution < -0.4 is 19.1 Å². The number of methoxy groups -OCH3 is 2. The van der Waals surface area contributed by atoms with Gasteiger partial charge in [0.1, 0.15) is 21.2 Å². The molecule has 13 heteroatoms. The van der Waals surface area contributed by atoms with Crippen LogP contribution in [0.4, 0.5) is 5.69 Å². The fraction of sp³-hybridized carbons (Fsp3) is 0.474. The first kappa shape index (κ1) is 34.1. The molecule has 2 aromatic carbocycles. The Bertz CT molecular complexity index is 2080. The van der Waals surface area contributed by atoms with E-state index in [1.165, 1.54) is 24.3 Å². The van der Waals surface area contributed by atoms with Crippen molar-refractivity contribution in [2.45, 2.75) is 57.0 Å². The molecule has 0 radical (unpaired) electrons. The molecule has 2 bridgehead atoms. The second kappa shape index (κ2) is 13.2. The number of allylic oxidation sites excluding steroid dienone is 1. The summed E-state index contributed by atoms with van der Waals surface area (Å²) in [4.78, 5) is 30.1. The molecular weight excluding hydrogens is 690 g/mol. The van der Waals surface area contributed by atoms with Crippen molar-refractivity contribution in [2.24, 2.45) is 22.1 Å². The predicted molar refractivity (Wildman–Crippen MR) is 194 cm³/mol. The summed E-state index contributed by atoms with van der Waals surface area (Å²) >= 11 is 6.46. The summed E-state index contributed by atoms with van der Waals surface area (Å²) in [7, 11) is -0.527. The van der Waals surface area contributed by atoms with Crippen molar-refractivity contribution in [2.75, 3.05) is 44.6 Å². The van der Waals surface area contributed by atoms with Crippen LogP contribution in [0.2, 0.25) is 5.02 Å². The molecule has 5 aliphatic rings. The topological polar surface area (TPSA) is 132 Å². The average Bonchev–Trinajstić information content (AvgIpc) is 3.24. The molecule has 1 fully saturated rings. The van der Waals surface area contributed by atoms with E-state index in [1.54, 1.807) is 20.1 Å². The normalized spacial score (nSPS) is 29.6. The number of aromatic nitrogens is 2. The molecule has 1 aromatic heterocycles. The minimum atomic E-state index is -3.64. The molecule has 1 N–H and O–H groups in total. The van der Waals surface area contributed by atoms with Gasteiger partial charge in [-0.25, -0.2) is 4.21 Å². The molecule has 2 amide bonds. The van der Waals surface area contributed by atoms with Crippen molar-refractivity contribution in [1.82, 2.24) is 14.9 Å². The largest absolute Gasteiger partial charge is 0.490 e. The quantitative estimate of drug-likeness (QED) is 0.327. The van der Waals surface area contributed by atoms with E-state index >= 15 is 0 Å². The van der Waals surface area contributed by atoms with E-state index in [1.807, 2.05) is 18.2 Å². The third kappa shape index (κ3) is 6.18. The van der Waals surface area contributed by atoms with Gasteiger partial charge in [0.25, 0.3) is 11.8 Å². The van der Waals surface area contributed by atoms with Crippen LogP contribution in [-0.4, -0.2) is 72.0 Å². The number of fused-ring (bicyclic) bond motifs is 5. The SMILES string of the molecule is COc1nnc(C)cc1C(=O)NS1(=O)=NC(=O)c2ccc3c(c2)N(C[C@@H]2CC[C@H]2[C@@H](OC)C2=CCC2C1)C[C@@]1(CCCc2cc(Cl)ccc21)CO3. The van der Waals surface area contributed by atoms with Gasteiger partial charge in [-0.05, 0) is 116 Å². The second-order valence-electron chi connectivity index (χ2n) is 14.6. The molecule has 8 rings (SSSR count). The van der Waals surface area contributed by atoms with E-state index in [4.69, 9.17) is 25.8 Å². The molecular formula is C38H42ClN5O6S. The van der Waals surface area contributed by atoms with Crippen LogP contribution in [-0.2, 0) is 26.5 Å². The van der Waals surface area contributed by atoms with E-state index < -0.39 is 21.7 Å². The molecule has 2 unspecified atom stereocenters. The lowest BCUT2D eigenvalue weighted by Gasteiger charge is -2.48. The molecule has 1 spiro atoms. The molecule has 3 heterocycles. The summed E-state index contributed by atoms with van der Waals surface area (Å²) in [6.45, 7) is 3.69. The van der Waals surface area contributed by atoms with Gasteiger partial charge in [0, 0.05) is 36.2 Å². The second-order valence-corrected chi connectivity index (χ2v) is 17.1. The standard InChI is InChI=1S/C38H42ClN5O6S/c1-22-15-30(37(49-3)41-40-22)36(46)43-51(47)19-26-7-11-29(26)34(48-2)28-10-6-25(28)18-44-20-38(14-4-5-23-16-27(39)9-12-31(23)38)21-50-33-13-8-24(17-32(33)44)35(45)42-51/h8-9,11-13,15-17,25-26,28,34H,4-7,10,14,18-21H2,1-3H3,(H,42,43,45,46,47)/t25-,26?,28+,34+,38-,51?/m0/s1. The number of benzene rings is 2. The summed E-state index contributed by atoms with van der Waals surface area (Å²) < 4.78 is 39.9. The third-order valence-corrected chi connectivity index (χ3v) is 13.6. The first-order valence-corrected chi connectivity index (χ1v) is 19.7. The number of nitrogens with one attached hydrogen (secondary N) is 1. The zero-order chi connectivity index (χ0) is 35.5. The number of carbonyl (C=O) groups excluding carboxylic acids is 2. The number of amides is 2. The number of hydrogen-bond donors (Lipinski definition) is 1. The maximum absolute atomic E-state index is 14.8. The van der Waals surface area contributed by atoms with Gasteiger partial charge >= 0.3 is 0 Å². The number of rotatable bonds is 4. The lowest BCUT2D eigenvalue weighted by atomic mass is 9.65. The van der Waals surface area contributed by atoms with Crippen LogP contribution in [0.15, 0.2) is 58.5 Å². The van der Waals surface area contributed by atoms with Crippen LogP contribution in [0.1, 0.15) is 69.6 Å². The van der Waals surface area contributed by atoms with E-state index in [0.717, 1.165) is 54.9 Å². The Balaban J connectivity index is 1.22. The Labute approximate surface area is 303 Å². The van der Waals surface area contributed by atoms with Gasteiger partial charge in [-0.15, -0.1) is 9.46 Å². The number of hydrogen-bond acceptors (Lipinski definition) is 9. The lowest BCUT2D eigenvalue weighted by Crippen LogP contribution is -2.51. The van der Waals surface area contributed by atoms with E-state index in [0.29, 0.717) is 36.9 Å². The average molecular weight is 732 g/mol. The third-order valence-electron chi connectivity index (χ3n) is 11.5. The van der Waals surface area contributed by atoms with Crippen LogP contribution in [0, 0.1) is 24.7 Å². The van der Waals surface area contributed by atoms with Crippen molar-refractivity contribution in [3.63, 3.8) is 0 Å².